The van der Waals surface area contributed by atoms with Crippen molar-refractivity contribution in [3.63, 3.8) is 0 Å². The van der Waals surface area contributed by atoms with Crippen LogP contribution in [0, 0.1) is 20.8 Å². The van der Waals surface area contributed by atoms with Crippen LogP contribution in [-0.4, -0.2) is 30.2 Å². The van der Waals surface area contributed by atoms with Crippen LogP contribution in [0.2, 0.25) is 0 Å². The van der Waals surface area contributed by atoms with Crippen LogP contribution in [0.1, 0.15) is 28.3 Å². The molecule has 0 fully saturated rings. The van der Waals surface area contributed by atoms with Gasteiger partial charge in [-0.05, 0) is 44.5 Å². The molecule has 0 aliphatic carbocycles. The number of carbonyl (C=O) groups is 1. The number of methoxy groups -OCH3 is 2. The lowest BCUT2D eigenvalue weighted by atomic mass is 10.2. The van der Waals surface area contributed by atoms with Crippen LogP contribution in [0.4, 0.5) is 0 Å². The van der Waals surface area contributed by atoms with E-state index in [4.69, 9.17) is 14.2 Å². The minimum Gasteiger partial charge on any atom is -0.493 e. The number of benzene rings is 1. The molecule has 0 saturated carbocycles. The topological polar surface area (TPSA) is 70.5 Å². The molecule has 2 rings (SSSR count). The first-order chi connectivity index (χ1) is 11.9. The number of aromatic nitrogens is 2. The van der Waals surface area contributed by atoms with Crippen molar-refractivity contribution in [2.45, 2.75) is 27.4 Å². The van der Waals surface area contributed by atoms with Crippen molar-refractivity contribution in [3.05, 3.63) is 52.6 Å². The van der Waals surface area contributed by atoms with Gasteiger partial charge in [-0.2, -0.15) is 0 Å². The number of aryl methyl sites for hydroxylation is 3. The maximum atomic E-state index is 11.9. The average molecular weight is 342 g/mol. The summed E-state index contributed by atoms with van der Waals surface area (Å²) in [4.78, 5) is 20.7. The monoisotopic (exact) mass is 342 g/mol. The molecule has 2 aromatic rings. The summed E-state index contributed by atoms with van der Waals surface area (Å²) < 4.78 is 15.7. The van der Waals surface area contributed by atoms with Gasteiger partial charge in [-0.15, -0.1) is 0 Å². The minimum atomic E-state index is -0.450. The fraction of sp³-hybridized carbons (Fsp3) is 0.316. The molecule has 0 radical (unpaired) electrons. The maximum absolute atomic E-state index is 11.9. The molecule has 1 aromatic carbocycles. The number of nitrogens with zero attached hydrogens (tertiary/aromatic N) is 2. The molecule has 1 aromatic heterocycles. The fourth-order valence-electron chi connectivity index (χ4n) is 2.21. The second-order valence-electron chi connectivity index (χ2n) is 5.48. The zero-order valence-electron chi connectivity index (χ0n) is 15.1. The van der Waals surface area contributed by atoms with E-state index in [0.717, 1.165) is 22.6 Å². The van der Waals surface area contributed by atoms with Crippen molar-refractivity contribution in [3.8, 4) is 11.5 Å². The number of esters is 1. The predicted octanol–water partition coefficient (Wildman–Crippen LogP) is 3.18. The molecule has 0 spiro atoms. The van der Waals surface area contributed by atoms with Gasteiger partial charge in [-0.3, -0.25) is 9.97 Å². The third-order valence-electron chi connectivity index (χ3n) is 3.75. The highest BCUT2D eigenvalue weighted by Gasteiger charge is 2.08. The van der Waals surface area contributed by atoms with Gasteiger partial charge in [0.25, 0.3) is 0 Å². The first-order valence-corrected chi connectivity index (χ1v) is 7.82. The van der Waals surface area contributed by atoms with Crippen molar-refractivity contribution in [1.82, 2.24) is 9.97 Å². The number of rotatable bonds is 6. The number of hydrogen-bond acceptors (Lipinski definition) is 6. The van der Waals surface area contributed by atoms with Gasteiger partial charge in [0.15, 0.2) is 11.5 Å². The molecular weight excluding hydrogens is 320 g/mol. The van der Waals surface area contributed by atoms with Crippen LogP contribution >= 0.6 is 0 Å². The molecule has 25 heavy (non-hydrogen) atoms. The maximum Gasteiger partial charge on any atom is 0.331 e. The Hall–Kier alpha value is -2.89. The van der Waals surface area contributed by atoms with E-state index in [1.54, 1.807) is 32.4 Å². The van der Waals surface area contributed by atoms with E-state index in [-0.39, 0.29) is 6.61 Å². The zero-order valence-corrected chi connectivity index (χ0v) is 15.1. The summed E-state index contributed by atoms with van der Waals surface area (Å²) in [6.07, 6.45) is 3.02. The first-order valence-electron chi connectivity index (χ1n) is 7.82. The molecular formula is C19H22N2O4. The van der Waals surface area contributed by atoms with Gasteiger partial charge in [0.1, 0.15) is 6.61 Å². The van der Waals surface area contributed by atoms with Gasteiger partial charge in [0.2, 0.25) is 0 Å². The largest absolute Gasteiger partial charge is 0.493 e. The average Bonchev–Trinajstić information content (AvgIpc) is 2.61. The summed E-state index contributed by atoms with van der Waals surface area (Å²) in [5.41, 5.74) is 3.94. The van der Waals surface area contributed by atoms with E-state index in [1.165, 1.54) is 6.08 Å². The van der Waals surface area contributed by atoms with E-state index >= 15 is 0 Å². The molecule has 1 heterocycles. The third kappa shape index (κ3) is 4.79. The molecule has 0 atom stereocenters. The highest BCUT2D eigenvalue weighted by atomic mass is 16.5. The van der Waals surface area contributed by atoms with Crippen LogP contribution in [0.5, 0.6) is 11.5 Å². The first kappa shape index (κ1) is 18.4. The van der Waals surface area contributed by atoms with Gasteiger partial charge >= 0.3 is 5.97 Å². The standard InChI is InChI=1S/C19H22N2O4/c1-12-13(2)21-16(14(3)20-12)11-25-19(22)9-7-15-6-8-17(23-4)18(10-15)24-5/h6-10H,11H2,1-5H3/b9-7+. The fourth-order valence-corrected chi connectivity index (χ4v) is 2.21. The minimum absolute atomic E-state index is 0.0923. The summed E-state index contributed by atoms with van der Waals surface area (Å²) in [6.45, 7) is 5.72. The molecule has 0 aliphatic heterocycles. The Bertz CT molecular complexity index is 800. The zero-order chi connectivity index (χ0) is 18.4. The molecule has 0 bridgehead atoms. The van der Waals surface area contributed by atoms with Crippen molar-refractivity contribution in [2.24, 2.45) is 0 Å². The van der Waals surface area contributed by atoms with Crippen molar-refractivity contribution in [2.75, 3.05) is 14.2 Å². The summed E-state index contributed by atoms with van der Waals surface area (Å²) >= 11 is 0. The van der Waals surface area contributed by atoms with Gasteiger partial charge in [0, 0.05) is 6.08 Å². The second kappa shape index (κ2) is 8.28. The number of carbonyl (C=O) groups excluding carboxylic acids is 1. The SMILES string of the molecule is COc1ccc(/C=C/C(=O)OCc2nc(C)c(C)nc2C)cc1OC. The van der Waals surface area contributed by atoms with Crippen LogP contribution in [0.25, 0.3) is 6.08 Å². The lowest BCUT2D eigenvalue weighted by Crippen LogP contribution is -2.07. The Labute approximate surface area is 147 Å². The molecule has 6 nitrogen and oxygen atoms in total. The normalized spacial score (nSPS) is 10.8. The van der Waals surface area contributed by atoms with Gasteiger partial charge in [0.05, 0.1) is 37.0 Å². The lowest BCUT2D eigenvalue weighted by Gasteiger charge is -2.08. The molecule has 0 unspecified atom stereocenters. The van der Waals surface area contributed by atoms with Gasteiger partial charge in [-0.25, -0.2) is 4.79 Å². The van der Waals surface area contributed by atoms with Crippen LogP contribution in [0.15, 0.2) is 24.3 Å². The van der Waals surface area contributed by atoms with Crippen LogP contribution in [-0.2, 0) is 16.1 Å². The molecule has 0 aliphatic rings. The molecule has 0 saturated heterocycles. The number of hydrogen-bond donors (Lipinski definition) is 0. The highest BCUT2D eigenvalue weighted by Crippen LogP contribution is 2.27. The van der Waals surface area contributed by atoms with Gasteiger partial charge < -0.3 is 14.2 Å². The summed E-state index contributed by atoms with van der Waals surface area (Å²) in [6, 6.07) is 5.38. The van der Waals surface area contributed by atoms with Crippen LogP contribution in [0.3, 0.4) is 0 Å². The Kier molecular flexibility index (Phi) is 6.11. The van der Waals surface area contributed by atoms with Gasteiger partial charge in [-0.1, -0.05) is 6.07 Å². The summed E-state index contributed by atoms with van der Waals surface area (Å²) in [7, 11) is 3.13. The molecule has 0 N–H and O–H groups in total. The van der Waals surface area contributed by atoms with Crippen molar-refractivity contribution < 1.29 is 19.0 Å². The number of ether oxygens (including phenoxy) is 3. The van der Waals surface area contributed by atoms with E-state index in [0.29, 0.717) is 17.2 Å². The molecule has 6 heteroatoms. The third-order valence-corrected chi connectivity index (χ3v) is 3.75. The van der Waals surface area contributed by atoms with Crippen molar-refractivity contribution in [1.29, 1.82) is 0 Å². The molecule has 132 valence electrons. The summed E-state index contributed by atoms with van der Waals surface area (Å²) in [5, 5.41) is 0. The Morgan fingerprint density at radius 2 is 1.68 bits per heavy atom. The Balaban J connectivity index is 2.01. The van der Waals surface area contributed by atoms with E-state index in [9.17, 15) is 4.79 Å². The summed E-state index contributed by atoms with van der Waals surface area (Å²) in [5.74, 6) is 0.777. The second-order valence-corrected chi connectivity index (χ2v) is 5.48. The Morgan fingerprint density at radius 1 is 1.00 bits per heavy atom. The molecule has 0 amide bonds. The van der Waals surface area contributed by atoms with Crippen molar-refractivity contribution >= 4 is 12.0 Å². The lowest BCUT2D eigenvalue weighted by molar-refractivity contribution is -0.139. The van der Waals surface area contributed by atoms with E-state index in [2.05, 4.69) is 9.97 Å². The smallest absolute Gasteiger partial charge is 0.331 e. The van der Waals surface area contributed by atoms with E-state index < -0.39 is 5.97 Å². The highest BCUT2D eigenvalue weighted by molar-refractivity contribution is 5.87. The quantitative estimate of drug-likeness (QED) is 0.593. The van der Waals surface area contributed by atoms with Crippen LogP contribution < -0.4 is 9.47 Å². The predicted molar refractivity (Wildman–Crippen MR) is 94.6 cm³/mol. The van der Waals surface area contributed by atoms with E-state index in [1.807, 2.05) is 26.8 Å². The Morgan fingerprint density at radius 3 is 2.36 bits per heavy atom.